The molecule has 0 bridgehead atoms. The molecular formula is C29H35NO3. The predicted molar refractivity (Wildman–Crippen MR) is 131 cm³/mol. The molecular weight excluding hydrogens is 410 g/mol. The SMILES string of the molecule is CC#CC1(O)OCCC2C3CCC4=CC(=O)CCC4=C3C(c3ccc(N(C)C)cc3)CC21C. The normalized spacial score (nSPS) is 35.5. The predicted octanol–water partition coefficient (Wildman–Crippen LogP) is 4.99. The Morgan fingerprint density at radius 2 is 1.88 bits per heavy atom. The summed E-state index contributed by atoms with van der Waals surface area (Å²) < 4.78 is 6.02. The fraction of sp³-hybridized carbons (Fsp3) is 0.552. The van der Waals surface area contributed by atoms with Gasteiger partial charge in [-0.1, -0.05) is 24.6 Å². The molecule has 1 N–H and O–H groups in total. The Morgan fingerprint density at radius 3 is 2.58 bits per heavy atom. The van der Waals surface area contributed by atoms with Gasteiger partial charge in [-0.25, -0.2) is 0 Å². The van der Waals surface area contributed by atoms with Gasteiger partial charge in [-0.2, -0.15) is 0 Å². The van der Waals surface area contributed by atoms with Crippen LogP contribution >= 0.6 is 0 Å². The van der Waals surface area contributed by atoms with Gasteiger partial charge in [0.05, 0.1) is 6.61 Å². The highest BCUT2D eigenvalue weighted by atomic mass is 16.6. The van der Waals surface area contributed by atoms with Gasteiger partial charge in [0.15, 0.2) is 5.78 Å². The van der Waals surface area contributed by atoms with Gasteiger partial charge in [0, 0.05) is 37.5 Å². The number of hydrogen-bond acceptors (Lipinski definition) is 4. The lowest BCUT2D eigenvalue weighted by atomic mass is 9.49. The summed E-state index contributed by atoms with van der Waals surface area (Å²) in [5, 5.41) is 11.7. The summed E-state index contributed by atoms with van der Waals surface area (Å²) in [4.78, 5) is 14.3. The first kappa shape index (κ1) is 22.4. The van der Waals surface area contributed by atoms with Crippen LogP contribution in [0.25, 0.3) is 0 Å². The van der Waals surface area contributed by atoms with Gasteiger partial charge in [-0.3, -0.25) is 4.79 Å². The fourth-order valence-corrected chi connectivity index (χ4v) is 7.08. The first-order chi connectivity index (χ1) is 15.8. The van der Waals surface area contributed by atoms with Gasteiger partial charge in [0.1, 0.15) is 0 Å². The third kappa shape index (κ3) is 3.49. The van der Waals surface area contributed by atoms with E-state index in [9.17, 15) is 9.90 Å². The van der Waals surface area contributed by atoms with Gasteiger partial charge in [-0.15, -0.1) is 5.92 Å². The van der Waals surface area contributed by atoms with Crippen molar-refractivity contribution in [3.05, 3.63) is 52.6 Å². The van der Waals surface area contributed by atoms with Gasteiger partial charge in [-0.05, 0) is 91.7 Å². The Balaban J connectivity index is 1.68. The highest BCUT2D eigenvalue weighted by Crippen LogP contribution is 2.64. The molecule has 0 aromatic heterocycles. The maximum atomic E-state index is 12.2. The van der Waals surface area contributed by atoms with Crippen molar-refractivity contribution in [3.8, 4) is 11.8 Å². The summed E-state index contributed by atoms with van der Waals surface area (Å²) in [7, 11) is 4.12. The maximum absolute atomic E-state index is 12.2. The Bertz CT molecular complexity index is 1090. The van der Waals surface area contributed by atoms with Gasteiger partial charge < -0.3 is 14.7 Å². The molecule has 5 unspecified atom stereocenters. The molecule has 5 atom stereocenters. The van der Waals surface area contributed by atoms with Crippen LogP contribution in [-0.2, 0) is 9.53 Å². The lowest BCUT2D eigenvalue weighted by molar-refractivity contribution is -0.285. The molecule has 3 aliphatic carbocycles. The van der Waals surface area contributed by atoms with Gasteiger partial charge >= 0.3 is 0 Å². The van der Waals surface area contributed by atoms with Crippen LogP contribution in [0, 0.1) is 29.1 Å². The minimum Gasteiger partial charge on any atom is -0.378 e. The molecule has 33 heavy (non-hydrogen) atoms. The van der Waals surface area contributed by atoms with Gasteiger partial charge in [0.25, 0.3) is 0 Å². The van der Waals surface area contributed by atoms with Crippen molar-refractivity contribution in [3.63, 3.8) is 0 Å². The van der Waals surface area contributed by atoms with Crippen molar-refractivity contribution >= 4 is 11.5 Å². The third-order valence-corrected chi connectivity index (χ3v) is 8.74. The van der Waals surface area contributed by atoms with E-state index in [4.69, 9.17) is 4.74 Å². The Hall–Kier alpha value is -2.35. The number of carbonyl (C=O) groups is 1. The topological polar surface area (TPSA) is 49.8 Å². The van der Waals surface area contributed by atoms with Crippen molar-refractivity contribution in [1.82, 2.24) is 0 Å². The Morgan fingerprint density at radius 1 is 1.12 bits per heavy atom. The molecule has 4 aliphatic rings. The number of anilines is 1. The number of ketones is 1. The maximum Gasteiger partial charge on any atom is 0.236 e. The summed E-state index contributed by atoms with van der Waals surface area (Å²) in [6, 6.07) is 8.86. The molecule has 1 heterocycles. The summed E-state index contributed by atoms with van der Waals surface area (Å²) in [5.41, 5.74) is 6.20. The number of ether oxygens (including phenoxy) is 1. The molecule has 4 nitrogen and oxygen atoms in total. The standard InChI is InChI=1S/C29H35NO3/c1-5-15-29(32)28(2)18-25(19-6-9-21(10-7-19)30(3)4)27-23-13-11-22(31)17-20(23)8-12-24(27)26(28)14-16-33-29/h6-7,9-10,17,24-26,32H,8,11-14,16,18H2,1-4H3. The summed E-state index contributed by atoms with van der Waals surface area (Å²) in [6.45, 7) is 4.51. The van der Waals surface area contributed by atoms with E-state index >= 15 is 0 Å². The molecule has 2 fully saturated rings. The number of rotatable bonds is 2. The van der Waals surface area contributed by atoms with E-state index in [-0.39, 0.29) is 11.7 Å². The molecule has 1 saturated carbocycles. The zero-order chi connectivity index (χ0) is 23.4. The average molecular weight is 446 g/mol. The van der Waals surface area contributed by atoms with Crippen molar-refractivity contribution in [1.29, 1.82) is 0 Å². The first-order valence-electron chi connectivity index (χ1n) is 12.3. The van der Waals surface area contributed by atoms with Crippen LogP contribution in [0.15, 0.2) is 47.1 Å². The molecule has 1 aliphatic heterocycles. The molecule has 1 saturated heterocycles. The van der Waals surface area contributed by atoms with E-state index in [1.54, 1.807) is 6.92 Å². The lowest BCUT2D eigenvalue weighted by Gasteiger charge is -2.59. The summed E-state index contributed by atoms with van der Waals surface area (Å²) in [6.07, 6.45) is 7.08. The van der Waals surface area contributed by atoms with Crippen molar-refractivity contribution in [2.75, 3.05) is 25.6 Å². The number of fused-ring (bicyclic) bond motifs is 4. The van der Waals surface area contributed by atoms with Crippen LogP contribution in [0.2, 0.25) is 0 Å². The molecule has 0 spiro atoms. The van der Waals surface area contributed by atoms with Gasteiger partial charge in [0.2, 0.25) is 5.79 Å². The van der Waals surface area contributed by atoms with Crippen LogP contribution in [0.3, 0.4) is 0 Å². The minimum absolute atomic E-state index is 0.186. The van der Waals surface area contributed by atoms with E-state index in [1.165, 1.54) is 28.0 Å². The number of nitrogens with zero attached hydrogens (tertiary/aromatic N) is 1. The van der Waals surface area contributed by atoms with Crippen molar-refractivity contribution in [2.45, 2.75) is 64.1 Å². The van der Waals surface area contributed by atoms with E-state index in [0.29, 0.717) is 24.9 Å². The van der Waals surface area contributed by atoms with Crippen LogP contribution in [0.5, 0.6) is 0 Å². The Labute approximate surface area is 197 Å². The number of hydrogen-bond donors (Lipinski definition) is 1. The fourth-order valence-electron chi connectivity index (χ4n) is 7.08. The molecule has 174 valence electrons. The molecule has 1 aromatic carbocycles. The zero-order valence-corrected chi connectivity index (χ0v) is 20.3. The second kappa shape index (κ2) is 8.15. The molecule has 4 heteroatoms. The summed E-state index contributed by atoms with van der Waals surface area (Å²) in [5.74, 6) is 5.72. The second-order valence-corrected chi connectivity index (χ2v) is 10.6. The first-order valence-corrected chi connectivity index (χ1v) is 12.3. The smallest absolute Gasteiger partial charge is 0.236 e. The highest BCUT2D eigenvalue weighted by molar-refractivity contribution is 5.93. The quantitative estimate of drug-likeness (QED) is 0.652. The Kier molecular flexibility index (Phi) is 5.54. The minimum atomic E-state index is -1.43. The monoisotopic (exact) mass is 445 g/mol. The molecule has 0 radical (unpaired) electrons. The van der Waals surface area contributed by atoms with Crippen LogP contribution in [0.4, 0.5) is 5.69 Å². The van der Waals surface area contributed by atoms with Crippen LogP contribution < -0.4 is 4.90 Å². The zero-order valence-electron chi connectivity index (χ0n) is 20.3. The molecule has 5 rings (SSSR count). The number of carbonyl (C=O) groups excluding carboxylic acids is 1. The largest absolute Gasteiger partial charge is 0.378 e. The van der Waals surface area contributed by atoms with Crippen LogP contribution in [0.1, 0.15) is 63.9 Å². The van der Waals surface area contributed by atoms with Crippen LogP contribution in [-0.4, -0.2) is 37.4 Å². The number of allylic oxidation sites excluding steroid dienone is 4. The van der Waals surface area contributed by atoms with Crippen molar-refractivity contribution in [2.24, 2.45) is 17.3 Å². The van der Waals surface area contributed by atoms with Crippen molar-refractivity contribution < 1.29 is 14.6 Å². The summed E-state index contributed by atoms with van der Waals surface area (Å²) >= 11 is 0. The number of benzene rings is 1. The lowest BCUT2D eigenvalue weighted by Crippen LogP contribution is -2.60. The highest BCUT2D eigenvalue weighted by Gasteiger charge is 2.61. The average Bonchev–Trinajstić information content (AvgIpc) is 2.79. The number of aliphatic hydroxyl groups is 1. The van der Waals surface area contributed by atoms with E-state index in [0.717, 1.165) is 32.1 Å². The van der Waals surface area contributed by atoms with E-state index < -0.39 is 11.2 Å². The molecule has 1 aromatic rings. The second-order valence-electron chi connectivity index (χ2n) is 10.6. The van der Waals surface area contributed by atoms with E-state index in [1.807, 2.05) is 6.08 Å². The van der Waals surface area contributed by atoms with E-state index in [2.05, 4.69) is 62.0 Å². The third-order valence-electron chi connectivity index (χ3n) is 8.74. The molecule has 0 amide bonds.